The van der Waals surface area contributed by atoms with Crippen molar-refractivity contribution < 1.29 is 33.5 Å². The Morgan fingerprint density at radius 1 is 1.28 bits per heavy atom. The van der Waals surface area contributed by atoms with Crippen molar-refractivity contribution in [1.82, 2.24) is 14.6 Å². The summed E-state index contributed by atoms with van der Waals surface area (Å²) in [5.74, 6) is 5.08. The van der Waals surface area contributed by atoms with E-state index in [9.17, 15) is 24.6 Å². The summed E-state index contributed by atoms with van der Waals surface area (Å²) in [4.78, 5) is 38.5. The number of hydrogen-bond acceptors (Lipinski definition) is 10. The van der Waals surface area contributed by atoms with Crippen molar-refractivity contribution in [2.75, 3.05) is 6.61 Å². The average molecular weight is 582 g/mol. The predicted octanol–water partition coefficient (Wildman–Crippen LogP) is 1.19. The van der Waals surface area contributed by atoms with Crippen LogP contribution in [-0.4, -0.2) is 62.3 Å². The molecule has 4 N–H and O–H groups in total. The molecular formula is C25H32N3O9PS. The van der Waals surface area contributed by atoms with Crippen molar-refractivity contribution in [3.63, 3.8) is 0 Å². The number of esters is 1. The van der Waals surface area contributed by atoms with E-state index in [1.807, 2.05) is 0 Å². The Labute approximate surface area is 230 Å². The second-order valence-corrected chi connectivity index (χ2v) is 12.1. The topological polar surface area (TPSA) is 161 Å². The lowest BCUT2D eigenvalue weighted by Gasteiger charge is -2.28. The molecule has 1 aliphatic heterocycles. The zero-order chi connectivity index (χ0) is 28.8. The van der Waals surface area contributed by atoms with Gasteiger partial charge in [0.05, 0.1) is 12.7 Å². The summed E-state index contributed by atoms with van der Waals surface area (Å²) in [6.07, 6.45) is -3.23. The van der Waals surface area contributed by atoms with Gasteiger partial charge in [-0.1, -0.05) is 31.0 Å². The SMILES string of the molecule is CCC#C[C@@]1(O)[C@H](O)[C@@H](COP(=S)(N[C@@H](C)C(=O)OC(C)C)Oc2ccccc2)O[C@H]1n1ccc(=O)[nH]c1=O. The second kappa shape index (κ2) is 13.0. The van der Waals surface area contributed by atoms with Gasteiger partial charge in [-0.15, -0.1) is 5.92 Å². The maximum Gasteiger partial charge on any atom is 0.330 e. The van der Waals surface area contributed by atoms with Gasteiger partial charge in [0.1, 0.15) is 24.0 Å². The van der Waals surface area contributed by atoms with Gasteiger partial charge in [0.2, 0.25) is 0 Å². The Morgan fingerprint density at radius 2 is 1.97 bits per heavy atom. The third-order valence-electron chi connectivity index (χ3n) is 5.49. The third kappa shape index (κ3) is 7.64. The smallest absolute Gasteiger partial charge is 0.330 e. The summed E-state index contributed by atoms with van der Waals surface area (Å²) in [6.45, 7) is 2.82. The first-order chi connectivity index (χ1) is 18.4. The number of carbonyl (C=O) groups is 1. The number of nitrogens with zero attached hydrogens (tertiary/aromatic N) is 1. The van der Waals surface area contributed by atoms with Crippen molar-refractivity contribution in [3.8, 4) is 17.6 Å². The molecule has 0 radical (unpaired) electrons. The number of aromatic amines is 1. The Kier molecular flexibility index (Phi) is 10.3. The van der Waals surface area contributed by atoms with E-state index in [1.54, 1.807) is 58.0 Å². The van der Waals surface area contributed by atoms with Crippen LogP contribution in [0.5, 0.6) is 5.75 Å². The van der Waals surface area contributed by atoms with Crippen LogP contribution in [0, 0.1) is 11.8 Å². The molecule has 1 saturated heterocycles. The van der Waals surface area contributed by atoms with E-state index in [1.165, 1.54) is 0 Å². The summed E-state index contributed by atoms with van der Waals surface area (Å²) >= 11 is 5.68. The molecule has 212 valence electrons. The van der Waals surface area contributed by atoms with Crippen LogP contribution in [0.4, 0.5) is 0 Å². The molecule has 1 fully saturated rings. The monoisotopic (exact) mass is 581 g/mol. The first kappa shape index (κ1) is 30.7. The molecule has 1 aromatic carbocycles. The van der Waals surface area contributed by atoms with Crippen LogP contribution in [0.3, 0.4) is 0 Å². The predicted molar refractivity (Wildman–Crippen MR) is 145 cm³/mol. The van der Waals surface area contributed by atoms with Crippen molar-refractivity contribution in [1.29, 1.82) is 0 Å². The summed E-state index contributed by atoms with van der Waals surface area (Å²) in [6, 6.07) is 8.72. The summed E-state index contributed by atoms with van der Waals surface area (Å²) in [5, 5.41) is 25.3. The van der Waals surface area contributed by atoms with Gasteiger partial charge < -0.3 is 28.7 Å². The standard InChI is InChI=1S/C25H32N3O9PS/c1-5-6-13-25(33)21(30)19(36-23(25)28-14-12-20(29)26-24(28)32)15-34-38(39,37-18-10-8-7-9-11-18)27-17(4)22(31)35-16(2)3/h7-12,14,16-17,19,21,23,30,33H,5,15H2,1-4H3,(H,27,39)(H,26,29,32)/t17-,19+,21+,23+,25+,38?/m0/s1. The number of ether oxygens (including phenoxy) is 2. The van der Waals surface area contributed by atoms with Crippen molar-refractivity contribution in [2.24, 2.45) is 0 Å². The first-order valence-electron chi connectivity index (χ1n) is 12.2. The Hall–Kier alpha value is -2.82. The van der Waals surface area contributed by atoms with Crippen LogP contribution in [0.15, 0.2) is 52.2 Å². The highest BCUT2D eigenvalue weighted by Gasteiger charge is 2.56. The quantitative estimate of drug-likeness (QED) is 0.181. The fourth-order valence-corrected chi connectivity index (χ4v) is 6.08. The number of rotatable bonds is 10. The first-order valence-corrected chi connectivity index (χ1v) is 14.9. The highest BCUT2D eigenvalue weighted by atomic mass is 32.5. The van der Waals surface area contributed by atoms with E-state index in [0.29, 0.717) is 12.2 Å². The number of H-pyrrole nitrogens is 1. The minimum Gasteiger partial charge on any atom is -0.462 e. The number of para-hydroxylation sites is 1. The Balaban J connectivity index is 1.88. The van der Waals surface area contributed by atoms with Gasteiger partial charge >= 0.3 is 18.3 Å². The number of benzene rings is 1. The van der Waals surface area contributed by atoms with Crippen LogP contribution < -0.4 is 20.9 Å². The fourth-order valence-electron chi connectivity index (χ4n) is 3.66. The van der Waals surface area contributed by atoms with Gasteiger partial charge in [0.25, 0.3) is 5.56 Å². The average Bonchev–Trinajstić information content (AvgIpc) is 3.11. The minimum absolute atomic E-state index is 0.351. The number of hydrogen-bond donors (Lipinski definition) is 4. The zero-order valence-corrected chi connectivity index (χ0v) is 23.6. The molecule has 14 heteroatoms. The molecule has 39 heavy (non-hydrogen) atoms. The van der Waals surface area contributed by atoms with E-state index in [2.05, 4.69) is 21.9 Å². The molecule has 0 bridgehead atoms. The second-order valence-electron chi connectivity index (χ2n) is 9.00. The molecule has 0 aliphatic carbocycles. The lowest BCUT2D eigenvalue weighted by atomic mass is 9.94. The largest absolute Gasteiger partial charge is 0.462 e. The molecule has 2 aromatic rings. The van der Waals surface area contributed by atoms with Crippen LogP contribution in [0.1, 0.15) is 40.3 Å². The highest BCUT2D eigenvalue weighted by Crippen LogP contribution is 2.47. The number of carbonyl (C=O) groups excluding carboxylic acids is 1. The van der Waals surface area contributed by atoms with Gasteiger partial charge in [-0.2, -0.15) is 0 Å². The summed E-state index contributed by atoms with van der Waals surface area (Å²) in [7, 11) is 0. The van der Waals surface area contributed by atoms with E-state index in [0.717, 1.165) is 16.8 Å². The normalized spacial score (nSPS) is 24.8. The fraction of sp³-hybridized carbons (Fsp3) is 0.480. The Morgan fingerprint density at radius 3 is 2.59 bits per heavy atom. The molecule has 1 unspecified atom stereocenters. The van der Waals surface area contributed by atoms with E-state index in [-0.39, 0.29) is 6.10 Å². The summed E-state index contributed by atoms with van der Waals surface area (Å²) in [5.41, 5.74) is -3.74. The molecule has 0 spiro atoms. The van der Waals surface area contributed by atoms with E-state index < -0.39 is 60.5 Å². The molecular weight excluding hydrogens is 549 g/mol. The number of aliphatic hydroxyl groups excluding tert-OH is 1. The highest BCUT2D eigenvalue weighted by molar-refractivity contribution is 8.09. The van der Waals surface area contributed by atoms with Gasteiger partial charge in [-0.3, -0.25) is 19.1 Å². The molecule has 12 nitrogen and oxygen atoms in total. The lowest BCUT2D eigenvalue weighted by Crippen LogP contribution is -2.48. The van der Waals surface area contributed by atoms with Crippen molar-refractivity contribution >= 4 is 24.4 Å². The number of aliphatic hydroxyl groups is 2. The maximum absolute atomic E-state index is 12.5. The maximum atomic E-state index is 12.5. The van der Waals surface area contributed by atoms with E-state index in [4.69, 9.17) is 30.3 Å². The van der Waals surface area contributed by atoms with E-state index >= 15 is 0 Å². The van der Waals surface area contributed by atoms with Gasteiger partial charge in [-0.25, -0.2) is 9.88 Å². The molecule has 1 aromatic heterocycles. The molecule has 2 heterocycles. The third-order valence-corrected chi connectivity index (χ3v) is 7.99. The number of nitrogens with one attached hydrogen (secondary N) is 2. The minimum atomic E-state index is -3.49. The van der Waals surface area contributed by atoms with Crippen LogP contribution in [-0.2, 0) is 30.6 Å². The van der Waals surface area contributed by atoms with Gasteiger partial charge in [0, 0.05) is 18.7 Å². The Bertz CT molecular complexity index is 1370. The molecule has 0 amide bonds. The van der Waals surface area contributed by atoms with Gasteiger partial charge in [0.15, 0.2) is 11.8 Å². The lowest BCUT2D eigenvalue weighted by molar-refractivity contribution is -0.149. The van der Waals surface area contributed by atoms with Crippen molar-refractivity contribution in [3.05, 3.63) is 63.4 Å². The summed E-state index contributed by atoms with van der Waals surface area (Å²) < 4.78 is 23.9. The molecule has 0 saturated carbocycles. The van der Waals surface area contributed by atoms with Crippen molar-refractivity contribution in [2.45, 2.75) is 70.3 Å². The van der Waals surface area contributed by atoms with Crippen LogP contribution in [0.25, 0.3) is 0 Å². The molecule has 1 aliphatic rings. The molecule has 6 atom stereocenters. The molecule has 3 rings (SSSR count). The number of aromatic nitrogens is 2. The van der Waals surface area contributed by atoms with Gasteiger partial charge in [-0.05, 0) is 44.7 Å². The van der Waals surface area contributed by atoms with Crippen LogP contribution >= 0.6 is 6.64 Å². The zero-order valence-electron chi connectivity index (χ0n) is 21.9. The van der Waals surface area contributed by atoms with Crippen LogP contribution in [0.2, 0.25) is 0 Å².